The lowest BCUT2D eigenvalue weighted by Gasteiger charge is -2.21. The van der Waals surface area contributed by atoms with Gasteiger partial charge in [0.25, 0.3) is 0 Å². The summed E-state index contributed by atoms with van der Waals surface area (Å²) < 4.78 is 33.7. The predicted molar refractivity (Wildman–Crippen MR) is 118 cm³/mol. The zero-order valence-electron chi connectivity index (χ0n) is 18.2. The van der Waals surface area contributed by atoms with Crippen LogP contribution >= 0.6 is 0 Å². The van der Waals surface area contributed by atoms with E-state index >= 15 is 0 Å². The Labute approximate surface area is 181 Å². The Bertz CT molecular complexity index is 809. The third-order valence-electron chi connectivity index (χ3n) is 6.08. The van der Waals surface area contributed by atoms with E-state index in [1.165, 1.54) is 12.0 Å². The van der Waals surface area contributed by atoms with Crippen molar-refractivity contribution in [1.82, 2.24) is 9.62 Å². The van der Waals surface area contributed by atoms with Gasteiger partial charge < -0.3 is 9.64 Å². The molecule has 1 aliphatic heterocycles. The fourth-order valence-corrected chi connectivity index (χ4v) is 5.46. The summed E-state index contributed by atoms with van der Waals surface area (Å²) in [4.78, 5) is 14.8. The van der Waals surface area contributed by atoms with Crippen LogP contribution in [-0.4, -0.2) is 51.6 Å². The van der Waals surface area contributed by atoms with Gasteiger partial charge in [0.1, 0.15) is 0 Å². The van der Waals surface area contributed by atoms with Crippen LogP contribution in [0, 0.1) is 0 Å². The number of rotatable bonds is 9. The fourth-order valence-electron chi connectivity index (χ4n) is 4.33. The summed E-state index contributed by atoms with van der Waals surface area (Å²) in [5, 5.41) is 0. The quantitative estimate of drug-likeness (QED) is 0.602. The van der Waals surface area contributed by atoms with Crippen molar-refractivity contribution in [1.29, 1.82) is 0 Å². The molecule has 1 heterocycles. The smallest absolute Gasteiger partial charge is 0.240 e. The lowest BCUT2D eigenvalue weighted by Crippen LogP contribution is -2.33. The summed E-state index contributed by atoms with van der Waals surface area (Å²) >= 11 is 0. The topological polar surface area (TPSA) is 75.7 Å². The molecule has 1 N–H and O–H groups in total. The van der Waals surface area contributed by atoms with Crippen LogP contribution in [0.15, 0.2) is 23.1 Å². The Hall–Kier alpha value is -1.44. The molecule has 0 saturated carbocycles. The highest BCUT2D eigenvalue weighted by molar-refractivity contribution is 7.89. The number of benzene rings is 1. The molecule has 0 aromatic heterocycles. The van der Waals surface area contributed by atoms with Crippen molar-refractivity contribution in [3.63, 3.8) is 0 Å². The van der Waals surface area contributed by atoms with Crippen molar-refractivity contribution >= 4 is 15.9 Å². The van der Waals surface area contributed by atoms with Gasteiger partial charge in [-0.25, -0.2) is 13.1 Å². The molecule has 1 aromatic carbocycles. The summed E-state index contributed by atoms with van der Waals surface area (Å²) in [7, 11) is -3.53. The molecule has 1 saturated heterocycles. The second kappa shape index (κ2) is 11.3. The van der Waals surface area contributed by atoms with Crippen molar-refractivity contribution in [3.05, 3.63) is 29.3 Å². The van der Waals surface area contributed by atoms with E-state index in [1.807, 2.05) is 17.0 Å². The monoisotopic (exact) mass is 436 g/mol. The SMILES string of the molecule is CCCOC1CCCN(C(=O)CCCNS(=O)(=O)c2ccc3c(c2)CCCC3)CC1. The largest absolute Gasteiger partial charge is 0.378 e. The number of likely N-dealkylation sites (tertiary alicyclic amines) is 1. The number of carbonyl (C=O) groups is 1. The molecule has 1 fully saturated rings. The van der Waals surface area contributed by atoms with Crippen LogP contribution in [0.5, 0.6) is 0 Å². The molecule has 30 heavy (non-hydrogen) atoms. The van der Waals surface area contributed by atoms with Crippen LogP contribution in [0.2, 0.25) is 0 Å². The Morgan fingerprint density at radius 3 is 2.73 bits per heavy atom. The van der Waals surface area contributed by atoms with E-state index in [9.17, 15) is 13.2 Å². The Balaban J connectivity index is 1.42. The standard InChI is InChI=1S/C23H36N2O4S/c1-2-17-29-21-9-6-15-25(16-13-21)23(26)10-5-14-24-30(27,28)22-12-11-19-7-3-4-8-20(19)18-22/h11-12,18,21,24H,2-10,13-17H2,1H3. The third kappa shape index (κ3) is 6.53. The first-order valence-corrected chi connectivity index (χ1v) is 13.0. The molecule has 1 amide bonds. The number of fused-ring (bicyclic) bond motifs is 1. The molecule has 6 nitrogen and oxygen atoms in total. The van der Waals surface area contributed by atoms with Crippen molar-refractivity contribution in [2.45, 2.75) is 82.1 Å². The Kier molecular flexibility index (Phi) is 8.72. The third-order valence-corrected chi connectivity index (χ3v) is 7.53. The van der Waals surface area contributed by atoms with Crippen LogP contribution in [0.25, 0.3) is 0 Å². The van der Waals surface area contributed by atoms with E-state index in [2.05, 4.69) is 11.6 Å². The minimum Gasteiger partial charge on any atom is -0.378 e. The summed E-state index contributed by atoms with van der Waals surface area (Å²) in [6.07, 6.45) is 9.28. The predicted octanol–water partition coefficient (Wildman–Crippen LogP) is 3.43. The lowest BCUT2D eigenvalue weighted by molar-refractivity contribution is -0.131. The summed E-state index contributed by atoms with van der Waals surface area (Å²) in [5.41, 5.74) is 2.42. The Morgan fingerprint density at radius 2 is 1.93 bits per heavy atom. The highest BCUT2D eigenvalue weighted by Gasteiger charge is 2.21. The number of carbonyl (C=O) groups excluding carboxylic acids is 1. The second-order valence-electron chi connectivity index (χ2n) is 8.44. The molecule has 168 valence electrons. The normalized spacial score (nSPS) is 19.9. The van der Waals surface area contributed by atoms with Gasteiger partial charge in [0.05, 0.1) is 11.0 Å². The average Bonchev–Trinajstić information content (AvgIpc) is 3.00. The van der Waals surface area contributed by atoms with Crippen LogP contribution in [0.1, 0.15) is 69.4 Å². The highest BCUT2D eigenvalue weighted by Crippen LogP contribution is 2.24. The number of hydrogen-bond donors (Lipinski definition) is 1. The minimum absolute atomic E-state index is 0.110. The lowest BCUT2D eigenvalue weighted by atomic mass is 9.92. The van der Waals surface area contributed by atoms with Crippen LogP contribution in [0.3, 0.4) is 0 Å². The Morgan fingerprint density at radius 1 is 1.13 bits per heavy atom. The first kappa shape index (κ1) is 23.2. The maximum Gasteiger partial charge on any atom is 0.240 e. The molecule has 0 radical (unpaired) electrons. The van der Waals surface area contributed by atoms with Gasteiger partial charge in [0.15, 0.2) is 0 Å². The van der Waals surface area contributed by atoms with Gasteiger partial charge in [-0.15, -0.1) is 0 Å². The maximum absolute atomic E-state index is 12.6. The number of amides is 1. The molecule has 0 spiro atoms. The molecular formula is C23H36N2O4S. The molecule has 7 heteroatoms. The average molecular weight is 437 g/mol. The van der Waals surface area contributed by atoms with Gasteiger partial charge in [-0.1, -0.05) is 13.0 Å². The first-order valence-electron chi connectivity index (χ1n) is 11.5. The van der Waals surface area contributed by atoms with Crippen molar-refractivity contribution < 1.29 is 17.9 Å². The van der Waals surface area contributed by atoms with Crippen molar-refractivity contribution in [3.8, 4) is 0 Å². The summed E-state index contributed by atoms with van der Waals surface area (Å²) in [6.45, 7) is 4.66. The zero-order chi connectivity index (χ0) is 21.4. The fraction of sp³-hybridized carbons (Fsp3) is 0.696. The molecular weight excluding hydrogens is 400 g/mol. The second-order valence-corrected chi connectivity index (χ2v) is 10.2. The van der Waals surface area contributed by atoms with E-state index in [1.54, 1.807) is 6.07 Å². The van der Waals surface area contributed by atoms with E-state index < -0.39 is 10.0 Å². The number of nitrogens with zero attached hydrogens (tertiary/aromatic N) is 1. The molecule has 1 atom stereocenters. The van der Waals surface area contributed by atoms with Gasteiger partial charge in [0.2, 0.25) is 15.9 Å². The van der Waals surface area contributed by atoms with Crippen LogP contribution < -0.4 is 4.72 Å². The van der Waals surface area contributed by atoms with E-state index in [0.717, 1.165) is 70.2 Å². The molecule has 1 aliphatic carbocycles. The maximum atomic E-state index is 12.6. The molecule has 3 rings (SSSR count). The number of aryl methyl sites for hydroxylation is 2. The van der Waals surface area contributed by atoms with Crippen molar-refractivity contribution in [2.24, 2.45) is 0 Å². The van der Waals surface area contributed by atoms with Gasteiger partial charge in [-0.2, -0.15) is 0 Å². The summed E-state index contributed by atoms with van der Waals surface area (Å²) in [5.74, 6) is 0.110. The number of sulfonamides is 1. The minimum atomic E-state index is -3.53. The first-order chi connectivity index (χ1) is 14.5. The van der Waals surface area contributed by atoms with Gasteiger partial charge in [0, 0.05) is 32.7 Å². The number of ether oxygens (including phenoxy) is 1. The number of hydrogen-bond acceptors (Lipinski definition) is 4. The van der Waals surface area contributed by atoms with E-state index in [-0.39, 0.29) is 18.6 Å². The highest BCUT2D eigenvalue weighted by atomic mass is 32.2. The molecule has 1 unspecified atom stereocenters. The van der Waals surface area contributed by atoms with Crippen molar-refractivity contribution in [2.75, 3.05) is 26.2 Å². The molecule has 0 bridgehead atoms. The molecule has 2 aliphatic rings. The van der Waals surface area contributed by atoms with Crippen LogP contribution in [-0.2, 0) is 32.4 Å². The zero-order valence-corrected chi connectivity index (χ0v) is 19.0. The van der Waals surface area contributed by atoms with Crippen LogP contribution in [0.4, 0.5) is 0 Å². The van der Waals surface area contributed by atoms with E-state index in [4.69, 9.17) is 4.74 Å². The molecule has 1 aromatic rings. The van der Waals surface area contributed by atoms with Gasteiger partial charge >= 0.3 is 0 Å². The van der Waals surface area contributed by atoms with Gasteiger partial charge in [-0.05, 0) is 81.0 Å². The summed E-state index contributed by atoms with van der Waals surface area (Å²) in [6, 6.07) is 5.46. The number of nitrogens with one attached hydrogen (secondary N) is 1. The van der Waals surface area contributed by atoms with Gasteiger partial charge in [-0.3, -0.25) is 4.79 Å². The van der Waals surface area contributed by atoms with E-state index in [0.29, 0.717) is 17.7 Å².